The average Bonchev–Trinajstić information content (AvgIpc) is 2.66. The van der Waals surface area contributed by atoms with E-state index in [1.807, 2.05) is 0 Å². The van der Waals surface area contributed by atoms with Crippen LogP contribution in [0.25, 0.3) is 0 Å². The van der Waals surface area contributed by atoms with Gasteiger partial charge in [-0.15, -0.1) is 6.42 Å². The number of hydrogen-bond acceptors (Lipinski definition) is 4. The number of ether oxygens (including phenoxy) is 1. The lowest BCUT2D eigenvalue weighted by Gasteiger charge is -2.09. The van der Waals surface area contributed by atoms with Crippen LogP contribution in [0.15, 0.2) is 0 Å². The molecule has 1 aromatic rings. The van der Waals surface area contributed by atoms with Gasteiger partial charge in [0, 0.05) is 17.7 Å². The minimum atomic E-state index is -0.355. The molecule has 0 atom stereocenters. The molecule has 1 aromatic heterocycles. The highest BCUT2D eigenvalue weighted by Crippen LogP contribution is 2.27. The van der Waals surface area contributed by atoms with Crippen LogP contribution in [0.2, 0.25) is 0 Å². The van der Waals surface area contributed by atoms with Crippen molar-refractivity contribution in [3.05, 3.63) is 17.0 Å². The van der Waals surface area contributed by atoms with Crippen LogP contribution in [0.1, 0.15) is 21.7 Å². The zero-order valence-electron chi connectivity index (χ0n) is 9.02. The Bertz CT molecular complexity index is 459. The minimum absolute atomic E-state index is 0.308. The molecule has 0 amide bonds. The fourth-order valence-corrected chi connectivity index (χ4v) is 2.76. The van der Waals surface area contributed by atoms with Crippen LogP contribution in [0.5, 0.6) is 0 Å². The molecule has 0 fully saturated rings. The number of esters is 1. The summed E-state index contributed by atoms with van der Waals surface area (Å²) in [6, 6.07) is 0. The Kier molecular flexibility index (Phi) is 3.20. The van der Waals surface area contributed by atoms with Gasteiger partial charge in [0.2, 0.25) is 0 Å². The van der Waals surface area contributed by atoms with Gasteiger partial charge in [0.15, 0.2) is 5.69 Å². The van der Waals surface area contributed by atoms with Crippen molar-refractivity contribution in [2.75, 3.05) is 12.9 Å². The second-order valence-electron chi connectivity index (χ2n) is 3.43. The summed E-state index contributed by atoms with van der Waals surface area (Å²) >= 11 is 1.80. The van der Waals surface area contributed by atoms with Gasteiger partial charge < -0.3 is 4.74 Å². The fourth-order valence-electron chi connectivity index (χ4n) is 1.77. The van der Waals surface area contributed by atoms with E-state index in [4.69, 9.17) is 11.2 Å². The summed E-state index contributed by atoms with van der Waals surface area (Å²) in [4.78, 5) is 11.7. The molecule has 1 aliphatic heterocycles. The number of methoxy groups -OCH3 is 1. The summed E-state index contributed by atoms with van der Waals surface area (Å²) in [6.07, 6.45) is 6.15. The number of thioether (sulfide) groups is 1. The Morgan fingerprint density at radius 3 is 3.25 bits per heavy atom. The van der Waals surface area contributed by atoms with E-state index < -0.39 is 0 Å². The first-order valence-electron chi connectivity index (χ1n) is 4.96. The maximum absolute atomic E-state index is 11.7. The highest BCUT2D eigenvalue weighted by atomic mass is 32.2. The van der Waals surface area contributed by atoms with E-state index in [0.29, 0.717) is 12.2 Å². The van der Waals surface area contributed by atoms with Gasteiger partial charge >= 0.3 is 5.97 Å². The van der Waals surface area contributed by atoms with Crippen molar-refractivity contribution in [3.8, 4) is 12.3 Å². The molecule has 0 unspecified atom stereocenters. The monoisotopic (exact) mass is 236 g/mol. The van der Waals surface area contributed by atoms with Gasteiger partial charge in [-0.2, -0.15) is 16.9 Å². The van der Waals surface area contributed by atoms with Gasteiger partial charge in [0.05, 0.1) is 12.8 Å². The molecule has 0 bridgehead atoms. The average molecular weight is 236 g/mol. The Labute approximate surface area is 98.3 Å². The van der Waals surface area contributed by atoms with Crippen molar-refractivity contribution in [1.82, 2.24) is 9.78 Å². The number of terminal acetylenes is 1. The first-order valence-corrected chi connectivity index (χ1v) is 6.11. The van der Waals surface area contributed by atoms with Gasteiger partial charge in [-0.25, -0.2) is 9.48 Å². The van der Waals surface area contributed by atoms with Gasteiger partial charge in [-0.3, -0.25) is 0 Å². The number of aryl methyl sites for hydroxylation is 1. The molecule has 5 heteroatoms. The number of carbonyl (C=O) groups excluding carboxylic acids is 1. The summed E-state index contributed by atoms with van der Waals surface area (Å²) in [6.45, 7) is 0.308. The molecule has 0 saturated heterocycles. The molecule has 84 valence electrons. The third kappa shape index (κ3) is 1.81. The smallest absolute Gasteiger partial charge is 0.356 e. The van der Waals surface area contributed by atoms with Gasteiger partial charge in [0.25, 0.3) is 0 Å². The second kappa shape index (κ2) is 4.62. The number of nitrogens with zero attached hydrogens (tertiary/aromatic N) is 2. The molecule has 4 nitrogen and oxygen atoms in total. The van der Waals surface area contributed by atoms with Crippen molar-refractivity contribution < 1.29 is 9.53 Å². The Balaban J connectivity index is 2.49. The van der Waals surface area contributed by atoms with Crippen molar-refractivity contribution >= 4 is 17.7 Å². The van der Waals surface area contributed by atoms with E-state index in [0.717, 1.165) is 29.2 Å². The van der Waals surface area contributed by atoms with E-state index in [-0.39, 0.29) is 5.97 Å². The molecule has 0 N–H and O–H groups in total. The Morgan fingerprint density at radius 1 is 1.75 bits per heavy atom. The van der Waals surface area contributed by atoms with Crippen molar-refractivity contribution in [2.45, 2.75) is 18.7 Å². The van der Waals surface area contributed by atoms with Crippen LogP contribution in [-0.2, 0) is 23.5 Å². The molecule has 0 aliphatic carbocycles. The predicted octanol–water partition coefficient (Wildman–Crippen LogP) is 1.09. The summed E-state index contributed by atoms with van der Waals surface area (Å²) in [5, 5.41) is 4.37. The number of aromatic nitrogens is 2. The van der Waals surface area contributed by atoms with Crippen LogP contribution in [-0.4, -0.2) is 28.6 Å². The first kappa shape index (κ1) is 11.1. The van der Waals surface area contributed by atoms with Crippen LogP contribution in [0.3, 0.4) is 0 Å². The number of rotatable bonds is 2. The molecule has 2 rings (SSSR count). The van der Waals surface area contributed by atoms with E-state index in [9.17, 15) is 4.79 Å². The van der Waals surface area contributed by atoms with Crippen molar-refractivity contribution in [2.24, 2.45) is 0 Å². The van der Waals surface area contributed by atoms with Crippen LogP contribution < -0.4 is 0 Å². The lowest BCUT2D eigenvalue weighted by Crippen LogP contribution is -2.13. The molecule has 16 heavy (non-hydrogen) atoms. The third-order valence-corrected chi connectivity index (χ3v) is 3.47. The molecular weight excluding hydrogens is 224 g/mol. The Morgan fingerprint density at radius 2 is 2.56 bits per heavy atom. The number of fused-ring (bicyclic) bond motifs is 1. The predicted molar refractivity (Wildman–Crippen MR) is 62.3 cm³/mol. The standard InChI is InChI=1S/C11H12N2O2S/c1-3-5-13-10(11(14)15-2)8-7-16-6-4-9(8)12-13/h1H,4-7H2,2H3. The summed E-state index contributed by atoms with van der Waals surface area (Å²) < 4.78 is 6.34. The molecule has 0 aromatic carbocycles. The number of hydrogen-bond donors (Lipinski definition) is 0. The quantitative estimate of drug-likeness (QED) is 0.569. The third-order valence-electron chi connectivity index (χ3n) is 2.48. The van der Waals surface area contributed by atoms with Gasteiger partial charge in [-0.1, -0.05) is 5.92 Å². The highest BCUT2D eigenvalue weighted by molar-refractivity contribution is 7.98. The van der Waals surface area contributed by atoms with E-state index in [2.05, 4.69) is 11.0 Å². The zero-order valence-corrected chi connectivity index (χ0v) is 9.84. The molecule has 1 aliphatic rings. The molecule has 0 saturated carbocycles. The summed E-state index contributed by atoms with van der Waals surface area (Å²) in [5.41, 5.74) is 2.48. The Hall–Kier alpha value is -1.41. The van der Waals surface area contributed by atoms with Crippen LogP contribution >= 0.6 is 11.8 Å². The summed E-state index contributed by atoms with van der Waals surface area (Å²) in [7, 11) is 1.37. The van der Waals surface area contributed by atoms with Crippen molar-refractivity contribution in [3.63, 3.8) is 0 Å². The lowest BCUT2D eigenvalue weighted by atomic mass is 10.1. The zero-order chi connectivity index (χ0) is 11.5. The molecule has 0 spiro atoms. The lowest BCUT2D eigenvalue weighted by molar-refractivity contribution is 0.0586. The molecule has 0 radical (unpaired) electrons. The van der Waals surface area contributed by atoms with Crippen LogP contribution in [0.4, 0.5) is 0 Å². The summed E-state index contributed by atoms with van der Waals surface area (Å²) in [5.74, 6) is 4.00. The minimum Gasteiger partial charge on any atom is -0.464 e. The maximum atomic E-state index is 11.7. The fraction of sp³-hybridized carbons (Fsp3) is 0.455. The highest BCUT2D eigenvalue weighted by Gasteiger charge is 2.25. The maximum Gasteiger partial charge on any atom is 0.356 e. The van der Waals surface area contributed by atoms with Crippen LogP contribution in [0, 0.1) is 12.3 Å². The number of carbonyl (C=O) groups is 1. The normalized spacial score (nSPS) is 14.0. The molecular formula is C11H12N2O2S. The van der Waals surface area contributed by atoms with Crippen molar-refractivity contribution in [1.29, 1.82) is 0 Å². The van der Waals surface area contributed by atoms with Gasteiger partial charge in [0.1, 0.15) is 6.54 Å². The van der Waals surface area contributed by atoms with Gasteiger partial charge in [-0.05, 0) is 5.75 Å². The first-order chi connectivity index (χ1) is 7.77. The van der Waals surface area contributed by atoms with E-state index >= 15 is 0 Å². The van der Waals surface area contributed by atoms with E-state index in [1.165, 1.54) is 7.11 Å². The largest absolute Gasteiger partial charge is 0.464 e. The molecule has 2 heterocycles. The second-order valence-corrected chi connectivity index (χ2v) is 4.53. The SMILES string of the molecule is C#CCn1nc2c(c1C(=O)OC)CSCC2. The topological polar surface area (TPSA) is 44.1 Å². The van der Waals surface area contributed by atoms with E-state index in [1.54, 1.807) is 16.4 Å².